The van der Waals surface area contributed by atoms with E-state index in [1.54, 1.807) is 11.8 Å². The van der Waals surface area contributed by atoms with Gasteiger partial charge in [-0.15, -0.1) is 0 Å². The maximum Gasteiger partial charge on any atom is 0.208 e. The molecule has 0 bridgehead atoms. The molecule has 102 valence electrons. The topological polar surface area (TPSA) is 49.4 Å². The van der Waals surface area contributed by atoms with Crippen molar-refractivity contribution in [3.63, 3.8) is 0 Å². The standard InChI is InChI=1S/C12H20N2O2S2/c1-14(2)12-6-4-11(5-7-12)10-17-9-8-13-18(3,15)16/h4-7,13H,8-10H2,1-3H3. The molecule has 0 aliphatic carbocycles. The van der Waals surface area contributed by atoms with Crippen LogP contribution in [-0.2, 0) is 15.8 Å². The first-order chi connectivity index (χ1) is 8.38. The summed E-state index contributed by atoms with van der Waals surface area (Å²) < 4.78 is 24.2. The van der Waals surface area contributed by atoms with Crippen LogP contribution in [0, 0.1) is 0 Å². The number of nitrogens with zero attached hydrogens (tertiary/aromatic N) is 1. The van der Waals surface area contributed by atoms with Crippen LogP contribution in [0.25, 0.3) is 0 Å². The monoisotopic (exact) mass is 288 g/mol. The number of rotatable bonds is 7. The highest BCUT2D eigenvalue weighted by atomic mass is 32.2. The number of benzene rings is 1. The van der Waals surface area contributed by atoms with Crippen LogP contribution in [0.15, 0.2) is 24.3 Å². The molecule has 0 radical (unpaired) electrons. The highest BCUT2D eigenvalue weighted by Gasteiger charge is 2.00. The molecular weight excluding hydrogens is 268 g/mol. The molecule has 0 aliphatic heterocycles. The van der Waals surface area contributed by atoms with Crippen LogP contribution in [0.1, 0.15) is 5.56 Å². The number of anilines is 1. The van der Waals surface area contributed by atoms with E-state index in [1.165, 1.54) is 17.5 Å². The summed E-state index contributed by atoms with van der Waals surface area (Å²) in [5.41, 5.74) is 2.44. The van der Waals surface area contributed by atoms with Crippen LogP contribution in [0.4, 0.5) is 5.69 Å². The van der Waals surface area contributed by atoms with Crippen molar-refractivity contribution in [3.05, 3.63) is 29.8 Å². The van der Waals surface area contributed by atoms with E-state index in [1.807, 2.05) is 14.1 Å². The van der Waals surface area contributed by atoms with Crippen molar-refractivity contribution >= 4 is 27.5 Å². The third-order valence-electron chi connectivity index (χ3n) is 2.33. The molecular formula is C12H20N2O2S2. The van der Waals surface area contributed by atoms with Crippen LogP contribution in [-0.4, -0.2) is 41.1 Å². The lowest BCUT2D eigenvalue weighted by atomic mass is 10.2. The summed E-state index contributed by atoms with van der Waals surface area (Å²) in [5, 5.41) is 0. The summed E-state index contributed by atoms with van der Waals surface area (Å²) in [6.45, 7) is 0.485. The van der Waals surface area contributed by atoms with Gasteiger partial charge in [0.05, 0.1) is 6.26 Å². The van der Waals surface area contributed by atoms with Gasteiger partial charge in [0.25, 0.3) is 0 Å². The lowest BCUT2D eigenvalue weighted by Crippen LogP contribution is -2.24. The van der Waals surface area contributed by atoms with E-state index in [2.05, 4.69) is 33.9 Å². The minimum atomic E-state index is -3.05. The van der Waals surface area contributed by atoms with Crippen LogP contribution in [0.2, 0.25) is 0 Å². The van der Waals surface area contributed by atoms with E-state index >= 15 is 0 Å². The fourth-order valence-electron chi connectivity index (χ4n) is 1.38. The van der Waals surface area contributed by atoms with E-state index in [-0.39, 0.29) is 0 Å². The van der Waals surface area contributed by atoms with E-state index in [0.29, 0.717) is 6.54 Å². The molecule has 0 fully saturated rings. The fourth-order valence-corrected chi connectivity index (χ4v) is 2.80. The summed E-state index contributed by atoms with van der Waals surface area (Å²) in [6.07, 6.45) is 1.18. The number of hydrogen-bond acceptors (Lipinski definition) is 4. The van der Waals surface area contributed by atoms with Gasteiger partial charge in [-0.25, -0.2) is 13.1 Å². The van der Waals surface area contributed by atoms with E-state index < -0.39 is 10.0 Å². The van der Waals surface area contributed by atoms with Gasteiger partial charge in [-0.05, 0) is 17.7 Å². The highest BCUT2D eigenvalue weighted by molar-refractivity contribution is 7.98. The van der Waals surface area contributed by atoms with Crippen LogP contribution < -0.4 is 9.62 Å². The SMILES string of the molecule is CN(C)c1ccc(CSCCNS(C)(=O)=O)cc1. The van der Waals surface area contributed by atoms with Gasteiger partial charge in [-0.1, -0.05) is 12.1 Å². The van der Waals surface area contributed by atoms with Gasteiger partial charge in [0.2, 0.25) is 10.0 Å². The Morgan fingerprint density at radius 2 is 1.83 bits per heavy atom. The molecule has 0 unspecified atom stereocenters. The lowest BCUT2D eigenvalue weighted by molar-refractivity contribution is 0.590. The van der Waals surface area contributed by atoms with Crippen LogP contribution in [0.3, 0.4) is 0 Å². The molecule has 0 saturated heterocycles. The summed E-state index contributed by atoms with van der Waals surface area (Å²) in [6, 6.07) is 8.38. The van der Waals surface area contributed by atoms with Crippen molar-refractivity contribution in [3.8, 4) is 0 Å². The smallest absolute Gasteiger partial charge is 0.208 e. The Morgan fingerprint density at radius 1 is 1.22 bits per heavy atom. The third kappa shape index (κ3) is 6.28. The van der Waals surface area contributed by atoms with Gasteiger partial charge in [0.1, 0.15) is 0 Å². The third-order valence-corrected chi connectivity index (χ3v) is 4.09. The summed E-state index contributed by atoms with van der Waals surface area (Å²) in [4.78, 5) is 2.06. The summed E-state index contributed by atoms with van der Waals surface area (Å²) in [7, 11) is 0.976. The van der Waals surface area contributed by atoms with Crippen LogP contribution in [0.5, 0.6) is 0 Å². The second kappa shape index (κ2) is 7.01. The molecule has 1 aromatic carbocycles. The average molecular weight is 288 g/mol. The molecule has 0 heterocycles. The molecule has 0 aromatic heterocycles. The summed E-state index contributed by atoms with van der Waals surface area (Å²) >= 11 is 1.72. The van der Waals surface area contributed by atoms with Crippen molar-refractivity contribution in [2.45, 2.75) is 5.75 Å². The number of hydrogen-bond donors (Lipinski definition) is 1. The maximum atomic E-state index is 10.8. The quantitative estimate of drug-likeness (QED) is 0.773. The van der Waals surface area contributed by atoms with Crippen molar-refractivity contribution in [1.29, 1.82) is 0 Å². The lowest BCUT2D eigenvalue weighted by Gasteiger charge is -2.12. The normalized spacial score (nSPS) is 11.5. The molecule has 0 spiro atoms. The zero-order valence-electron chi connectivity index (χ0n) is 11.0. The molecule has 1 aromatic rings. The van der Waals surface area contributed by atoms with Crippen molar-refractivity contribution in [1.82, 2.24) is 4.72 Å². The summed E-state index contributed by atoms with van der Waals surface area (Å²) in [5.74, 6) is 1.68. The Labute approximate surface area is 114 Å². The first-order valence-corrected chi connectivity index (χ1v) is 8.72. The Kier molecular flexibility index (Phi) is 5.98. The predicted molar refractivity (Wildman–Crippen MR) is 79.8 cm³/mol. The van der Waals surface area contributed by atoms with Gasteiger partial charge in [0, 0.05) is 37.8 Å². The Bertz CT molecular complexity index is 455. The zero-order chi connectivity index (χ0) is 13.6. The predicted octanol–water partition coefficient (Wildman–Crippen LogP) is 1.53. The minimum Gasteiger partial charge on any atom is -0.378 e. The molecule has 1 rings (SSSR count). The zero-order valence-corrected chi connectivity index (χ0v) is 12.6. The Balaban J connectivity index is 2.27. The van der Waals surface area contributed by atoms with E-state index in [9.17, 15) is 8.42 Å². The minimum absolute atomic E-state index is 0.485. The van der Waals surface area contributed by atoms with E-state index in [4.69, 9.17) is 0 Å². The van der Waals surface area contributed by atoms with Crippen LogP contribution >= 0.6 is 11.8 Å². The number of thioether (sulfide) groups is 1. The molecule has 6 heteroatoms. The fraction of sp³-hybridized carbons (Fsp3) is 0.500. The Morgan fingerprint density at radius 3 is 2.33 bits per heavy atom. The van der Waals surface area contributed by atoms with Gasteiger partial charge in [-0.2, -0.15) is 11.8 Å². The van der Waals surface area contributed by atoms with Gasteiger partial charge < -0.3 is 4.90 Å². The average Bonchev–Trinajstić information content (AvgIpc) is 2.27. The Hall–Kier alpha value is -0.720. The van der Waals surface area contributed by atoms with Crippen molar-refractivity contribution in [2.24, 2.45) is 0 Å². The molecule has 4 nitrogen and oxygen atoms in total. The second-order valence-corrected chi connectivity index (χ2v) is 7.22. The van der Waals surface area contributed by atoms with Gasteiger partial charge in [-0.3, -0.25) is 0 Å². The molecule has 0 saturated carbocycles. The second-order valence-electron chi connectivity index (χ2n) is 4.28. The van der Waals surface area contributed by atoms with Gasteiger partial charge >= 0.3 is 0 Å². The maximum absolute atomic E-state index is 10.8. The molecule has 1 N–H and O–H groups in total. The molecule has 18 heavy (non-hydrogen) atoms. The van der Waals surface area contributed by atoms with Crippen molar-refractivity contribution in [2.75, 3.05) is 37.5 Å². The number of nitrogens with one attached hydrogen (secondary N) is 1. The van der Waals surface area contributed by atoms with E-state index in [0.717, 1.165) is 11.5 Å². The first-order valence-electron chi connectivity index (χ1n) is 5.67. The molecule has 0 atom stereocenters. The molecule has 0 amide bonds. The first kappa shape index (κ1) is 15.3. The van der Waals surface area contributed by atoms with Crippen molar-refractivity contribution < 1.29 is 8.42 Å². The highest BCUT2D eigenvalue weighted by Crippen LogP contribution is 2.16. The van der Waals surface area contributed by atoms with Gasteiger partial charge in [0.15, 0.2) is 0 Å². The molecule has 0 aliphatic rings. The number of sulfonamides is 1. The largest absolute Gasteiger partial charge is 0.378 e.